The summed E-state index contributed by atoms with van der Waals surface area (Å²) in [6, 6.07) is -0.522. The Morgan fingerprint density at radius 1 is 1.56 bits per heavy atom. The summed E-state index contributed by atoms with van der Waals surface area (Å²) >= 11 is 0. The molecule has 0 aromatic carbocycles. The van der Waals surface area contributed by atoms with Crippen LogP contribution in [0.15, 0.2) is 0 Å². The van der Waals surface area contributed by atoms with Crippen molar-refractivity contribution in [2.24, 2.45) is 5.84 Å². The molecule has 1 aliphatic heterocycles. The van der Waals surface area contributed by atoms with Gasteiger partial charge in [-0.3, -0.25) is 4.79 Å². The number of imide groups is 1. The molecule has 0 unspecified atom stereocenters. The second-order valence-corrected chi connectivity index (χ2v) is 1.75. The lowest BCUT2D eigenvalue weighted by atomic mass is 10.3. The van der Waals surface area contributed by atoms with Crippen LogP contribution in [0.2, 0.25) is 0 Å². The summed E-state index contributed by atoms with van der Waals surface area (Å²) in [6.45, 7) is 0.394. The Morgan fingerprint density at radius 2 is 2.22 bits per heavy atom. The smallest absolute Gasteiger partial charge is 0.336 e. The molecule has 1 aliphatic rings. The van der Waals surface area contributed by atoms with Crippen LogP contribution >= 0.6 is 0 Å². The molecule has 1 saturated heterocycles. The van der Waals surface area contributed by atoms with Gasteiger partial charge in [0.2, 0.25) is 5.91 Å². The number of urea groups is 1. The normalized spacial score (nSPS) is 19.9. The van der Waals surface area contributed by atoms with Crippen LogP contribution in [0.5, 0.6) is 0 Å². The Labute approximate surface area is 51.8 Å². The predicted molar refractivity (Wildman–Crippen MR) is 29.0 cm³/mol. The molecule has 0 spiro atoms. The number of nitrogens with one attached hydrogen (secondary N) is 1. The number of hydrazine groups is 1. The highest BCUT2D eigenvalue weighted by Crippen LogP contribution is 1.93. The number of amides is 3. The third-order valence-electron chi connectivity index (χ3n) is 1.10. The first-order valence-electron chi connectivity index (χ1n) is 2.57. The topological polar surface area (TPSA) is 75.4 Å². The van der Waals surface area contributed by atoms with Crippen molar-refractivity contribution < 1.29 is 9.59 Å². The molecule has 0 bridgehead atoms. The third kappa shape index (κ3) is 0.996. The molecule has 0 atom stereocenters. The van der Waals surface area contributed by atoms with Gasteiger partial charge >= 0.3 is 6.03 Å². The van der Waals surface area contributed by atoms with Crippen LogP contribution in [0.3, 0.4) is 0 Å². The van der Waals surface area contributed by atoms with Crippen LogP contribution in [0, 0.1) is 0 Å². The molecule has 0 aromatic rings. The van der Waals surface area contributed by atoms with Crippen LogP contribution in [-0.2, 0) is 4.79 Å². The molecule has 50 valence electrons. The number of nitrogens with two attached hydrogens (primary N) is 1. The standard InChI is InChI=1S/C4H7N3O2/c5-7-3(8)1-2-6-4(7)9/h1-2,5H2,(H,6,9). The van der Waals surface area contributed by atoms with Crippen molar-refractivity contribution in [3.8, 4) is 0 Å². The Morgan fingerprint density at radius 3 is 2.67 bits per heavy atom. The van der Waals surface area contributed by atoms with Gasteiger partial charge in [0, 0.05) is 13.0 Å². The van der Waals surface area contributed by atoms with Crippen molar-refractivity contribution in [2.45, 2.75) is 6.42 Å². The molecule has 3 amide bonds. The van der Waals surface area contributed by atoms with E-state index >= 15 is 0 Å². The van der Waals surface area contributed by atoms with Crippen LogP contribution in [0.4, 0.5) is 4.79 Å². The molecule has 1 rings (SSSR count). The number of carbonyl (C=O) groups excluding carboxylic acids is 2. The van der Waals surface area contributed by atoms with Gasteiger partial charge in [-0.2, -0.15) is 5.01 Å². The average molecular weight is 129 g/mol. The maximum atomic E-state index is 10.5. The van der Waals surface area contributed by atoms with Crippen LogP contribution in [0.1, 0.15) is 6.42 Å². The quantitative estimate of drug-likeness (QED) is 0.318. The second kappa shape index (κ2) is 2.02. The van der Waals surface area contributed by atoms with Crippen molar-refractivity contribution in [2.75, 3.05) is 6.54 Å². The summed E-state index contributed by atoms with van der Waals surface area (Å²) in [5.74, 6) is 4.66. The first kappa shape index (κ1) is 6.03. The van der Waals surface area contributed by atoms with Gasteiger partial charge < -0.3 is 5.32 Å². The van der Waals surface area contributed by atoms with Crippen molar-refractivity contribution >= 4 is 11.9 Å². The minimum Gasteiger partial charge on any atom is -0.336 e. The highest BCUT2D eigenvalue weighted by atomic mass is 16.2. The zero-order valence-electron chi connectivity index (χ0n) is 4.76. The maximum absolute atomic E-state index is 10.5. The summed E-state index contributed by atoms with van der Waals surface area (Å²) in [6.07, 6.45) is 0.294. The predicted octanol–water partition coefficient (Wildman–Crippen LogP) is -1.20. The molecule has 1 heterocycles. The molecule has 1 fully saturated rings. The summed E-state index contributed by atoms with van der Waals surface area (Å²) in [7, 11) is 0. The van der Waals surface area contributed by atoms with Gasteiger partial charge in [0.05, 0.1) is 0 Å². The number of hydrogen-bond acceptors (Lipinski definition) is 3. The highest BCUT2D eigenvalue weighted by molar-refractivity contribution is 5.95. The molecular weight excluding hydrogens is 122 g/mol. The molecule has 3 N–H and O–H groups in total. The summed E-state index contributed by atoms with van der Waals surface area (Å²) in [4.78, 5) is 21.0. The number of carbonyl (C=O) groups is 2. The van der Waals surface area contributed by atoms with E-state index in [1.807, 2.05) is 0 Å². The molecule has 9 heavy (non-hydrogen) atoms. The minimum absolute atomic E-state index is 0.294. The Balaban J connectivity index is 2.62. The lowest BCUT2D eigenvalue weighted by Crippen LogP contribution is -2.53. The van der Waals surface area contributed by atoms with E-state index in [0.29, 0.717) is 18.0 Å². The zero-order valence-corrected chi connectivity index (χ0v) is 4.76. The van der Waals surface area contributed by atoms with Crippen molar-refractivity contribution in [3.63, 3.8) is 0 Å². The van der Waals surface area contributed by atoms with Gasteiger partial charge in [-0.15, -0.1) is 0 Å². The van der Waals surface area contributed by atoms with E-state index in [-0.39, 0.29) is 5.91 Å². The van der Waals surface area contributed by atoms with Gasteiger partial charge in [0.25, 0.3) is 0 Å². The average Bonchev–Trinajstić information content (AvgIpc) is 1.83. The van der Waals surface area contributed by atoms with E-state index in [2.05, 4.69) is 5.32 Å². The second-order valence-electron chi connectivity index (χ2n) is 1.75. The lowest BCUT2D eigenvalue weighted by Gasteiger charge is -2.19. The van der Waals surface area contributed by atoms with Crippen LogP contribution in [0.25, 0.3) is 0 Å². The van der Waals surface area contributed by atoms with E-state index in [4.69, 9.17) is 5.84 Å². The largest absolute Gasteiger partial charge is 0.338 e. The minimum atomic E-state index is -0.522. The van der Waals surface area contributed by atoms with Gasteiger partial charge in [0.15, 0.2) is 0 Å². The summed E-state index contributed by atoms with van der Waals surface area (Å²) < 4.78 is 0. The van der Waals surface area contributed by atoms with Crippen LogP contribution in [-0.4, -0.2) is 23.5 Å². The van der Waals surface area contributed by atoms with Gasteiger partial charge in [-0.05, 0) is 0 Å². The van der Waals surface area contributed by atoms with Gasteiger partial charge in [-0.25, -0.2) is 10.6 Å². The number of rotatable bonds is 0. The Hall–Kier alpha value is -1.10. The maximum Gasteiger partial charge on any atom is 0.338 e. The van der Waals surface area contributed by atoms with Crippen molar-refractivity contribution in [1.29, 1.82) is 0 Å². The number of hydrogen-bond donors (Lipinski definition) is 2. The molecule has 5 nitrogen and oxygen atoms in total. The SMILES string of the molecule is NN1C(=O)CCNC1=O. The zero-order chi connectivity index (χ0) is 6.85. The first-order valence-corrected chi connectivity index (χ1v) is 2.57. The van der Waals surface area contributed by atoms with E-state index < -0.39 is 6.03 Å². The van der Waals surface area contributed by atoms with Crippen molar-refractivity contribution in [3.05, 3.63) is 0 Å². The van der Waals surface area contributed by atoms with Crippen molar-refractivity contribution in [1.82, 2.24) is 10.3 Å². The van der Waals surface area contributed by atoms with Gasteiger partial charge in [0.1, 0.15) is 0 Å². The third-order valence-corrected chi connectivity index (χ3v) is 1.10. The van der Waals surface area contributed by atoms with Gasteiger partial charge in [-0.1, -0.05) is 0 Å². The first-order chi connectivity index (χ1) is 4.22. The summed E-state index contributed by atoms with van der Waals surface area (Å²) in [5, 5.41) is 2.99. The van der Waals surface area contributed by atoms with E-state index in [0.717, 1.165) is 0 Å². The van der Waals surface area contributed by atoms with E-state index in [1.54, 1.807) is 0 Å². The fourth-order valence-electron chi connectivity index (χ4n) is 0.595. The fraction of sp³-hybridized carbons (Fsp3) is 0.500. The molecule has 5 heteroatoms. The van der Waals surface area contributed by atoms with Crippen LogP contribution < -0.4 is 11.2 Å². The fourth-order valence-corrected chi connectivity index (χ4v) is 0.595. The molecule has 0 aromatic heterocycles. The summed E-state index contributed by atoms with van der Waals surface area (Å²) in [5.41, 5.74) is 0. The van der Waals surface area contributed by atoms with E-state index in [1.165, 1.54) is 0 Å². The lowest BCUT2D eigenvalue weighted by molar-refractivity contribution is -0.129. The Kier molecular flexibility index (Phi) is 1.35. The van der Waals surface area contributed by atoms with E-state index in [9.17, 15) is 9.59 Å². The monoisotopic (exact) mass is 129 g/mol. The molecular formula is C4H7N3O2. The molecule has 0 aliphatic carbocycles. The molecule has 0 saturated carbocycles. The number of nitrogens with zero attached hydrogens (tertiary/aromatic N) is 1. The Bertz CT molecular complexity index is 140. The highest BCUT2D eigenvalue weighted by Gasteiger charge is 2.21. The molecule has 0 radical (unpaired) electrons.